The summed E-state index contributed by atoms with van der Waals surface area (Å²) < 4.78 is 33.7. The van der Waals surface area contributed by atoms with E-state index in [-0.39, 0.29) is 32.3 Å². The van der Waals surface area contributed by atoms with Crippen molar-refractivity contribution in [1.82, 2.24) is 0 Å². The Kier molecular flexibility index (Phi) is 52.6. The van der Waals surface area contributed by atoms with Crippen LogP contribution in [-0.4, -0.2) is 49.9 Å². The molecule has 0 spiro atoms. The van der Waals surface area contributed by atoms with Gasteiger partial charge in [0.25, 0.3) is 0 Å². The molecule has 0 aliphatic carbocycles. The summed E-state index contributed by atoms with van der Waals surface area (Å²) in [5.41, 5.74) is 5.40. The number of phosphoric ester groups is 1. The van der Waals surface area contributed by atoms with Crippen LogP contribution >= 0.6 is 7.82 Å². The Labute approximate surface area is 398 Å². The Morgan fingerprint density at radius 1 is 0.453 bits per heavy atom. The van der Waals surface area contributed by atoms with Crippen LogP contribution in [0.5, 0.6) is 0 Å². The van der Waals surface area contributed by atoms with Gasteiger partial charge in [-0.25, -0.2) is 4.57 Å². The van der Waals surface area contributed by atoms with E-state index in [4.69, 9.17) is 24.3 Å². The van der Waals surface area contributed by atoms with Crippen LogP contribution in [0.1, 0.15) is 296 Å². The number of allylic oxidation sites excluding steroid dienone is 2. The molecule has 2 unspecified atom stereocenters. The first-order valence-electron chi connectivity index (χ1n) is 28.2. The molecule has 382 valence electrons. The quantitative estimate of drug-likeness (QED) is 0.0268. The van der Waals surface area contributed by atoms with Crippen molar-refractivity contribution < 1.29 is 32.8 Å². The summed E-state index contributed by atoms with van der Waals surface area (Å²) in [5, 5.41) is 0. The van der Waals surface area contributed by atoms with E-state index in [1.54, 1.807) is 0 Å². The van der Waals surface area contributed by atoms with Gasteiger partial charge in [-0.05, 0) is 38.5 Å². The molecule has 0 heterocycles. The van der Waals surface area contributed by atoms with Gasteiger partial charge in [0.15, 0.2) is 0 Å². The van der Waals surface area contributed by atoms with Crippen LogP contribution in [0.2, 0.25) is 0 Å². The number of rotatable bonds is 55. The van der Waals surface area contributed by atoms with E-state index in [9.17, 15) is 14.3 Å². The van der Waals surface area contributed by atoms with Crippen molar-refractivity contribution >= 4 is 13.8 Å². The molecule has 2 atom stereocenters. The van der Waals surface area contributed by atoms with Gasteiger partial charge < -0.3 is 20.1 Å². The molecular weight excluding hydrogens is 818 g/mol. The molecule has 64 heavy (non-hydrogen) atoms. The monoisotopic (exact) mass is 928 g/mol. The summed E-state index contributed by atoms with van der Waals surface area (Å²) in [5.74, 6) is -0.321. The molecule has 3 N–H and O–H groups in total. The molecule has 0 bridgehead atoms. The van der Waals surface area contributed by atoms with Gasteiger partial charge in [0.1, 0.15) is 6.10 Å². The summed E-state index contributed by atoms with van der Waals surface area (Å²) in [6.45, 7) is 5.00. The highest BCUT2D eigenvalue weighted by Crippen LogP contribution is 2.43. The van der Waals surface area contributed by atoms with Crippen LogP contribution in [0.3, 0.4) is 0 Å². The third-order valence-electron chi connectivity index (χ3n) is 12.7. The lowest BCUT2D eigenvalue weighted by Gasteiger charge is -2.20. The van der Waals surface area contributed by atoms with Crippen molar-refractivity contribution in [3.63, 3.8) is 0 Å². The molecule has 0 saturated heterocycles. The minimum atomic E-state index is -4.28. The second-order valence-electron chi connectivity index (χ2n) is 19.2. The van der Waals surface area contributed by atoms with E-state index in [2.05, 4.69) is 26.0 Å². The second kappa shape index (κ2) is 53.2. The van der Waals surface area contributed by atoms with Crippen molar-refractivity contribution in [3.8, 4) is 0 Å². The highest BCUT2D eigenvalue weighted by atomic mass is 31.2. The lowest BCUT2D eigenvalue weighted by atomic mass is 10.0. The zero-order valence-corrected chi connectivity index (χ0v) is 43.7. The highest BCUT2D eigenvalue weighted by molar-refractivity contribution is 7.47. The van der Waals surface area contributed by atoms with Gasteiger partial charge in [0, 0.05) is 19.6 Å². The maximum Gasteiger partial charge on any atom is 0.472 e. The summed E-state index contributed by atoms with van der Waals surface area (Å²) in [6, 6.07) is 0. The van der Waals surface area contributed by atoms with Gasteiger partial charge in [-0.15, -0.1) is 0 Å². The Morgan fingerprint density at radius 2 is 0.781 bits per heavy atom. The predicted molar refractivity (Wildman–Crippen MR) is 275 cm³/mol. The smallest absolute Gasteiger partial charge is 0.457 e. The third-order valence-corrected chi connectivity index (χ3v) is 13.7. The number of carbonyl (C=O) groups is 1. The average molecular weight is 928 g/mol. The molecule has 0 rings (SSSR count). The standard InChI is InChI=1S/C55H110NO7P/c1-3-5-7-9-11-13-15-17-19-21-23-24-25-26-27-28-29-31-33-35-37-39-41-43-45-47-50-60-52-54(53-62-64(58,59)61-51-49-56)63-55(57)48-46-44-42-40-38-36-34-32-30-22-20-18-16-14-12-10-8-6-4-2/h21,23,54H,3-20,22,24-53,56H2,1-2H3,(H,58,59)/b23-21-. The maximum atomic E-state index is 12.7. The van der Waals surface area contributed by atoms with E-state index in [1.807, 2.05) is 0 Å². The predicted octanol–water partition coefficient (Wildman–Crippen LogP) is 17.8. The zero-order chi connectivity index (χ0) is 46.5. The van der Waals surface area contributed by atoms with E-state index < -0.39 is 13.9 Å². The molecule has 0 aromatic rings. The summed E-state index contributed by atoms with van der Waals surface area (Å²) in [6.07, 6.45) is 61.2. The number of esters is 1. The number of hydrogen-bond donors (Lipinski definition) is 2. The Bertz CT molecular complexity index is 997. The summed E-state index contributed by atoms with van der Waals surface area (Å²) in [7, 11) is -4.28. The summed E-state index contributed by atoms with van der Waals surface area (Å²) in [4.78, 5) is 22.6. The van der Waals surface area contributed by atoms with Crippen molar-refractivity contribution in [1.29, 1.82) is 0 Å². The average Bonchev–Trinajstić information content (AvgIpc) is 3.29. The molecule has 0 fully saturated rings. The molecule has 0 amide bonds. The van der Waals surface area contributed by atoms with Crippen molar-refractivity contribution in [3.05, 3.63) is 12.2 Å². The van der Waals surface area contributed by atoms with Gasteiger partial charge in [-0.2, -0.15) is 0 Å². The molecule has 9 heteroatoms. The van der Waals surface area contributed by atoms with Gasteiger partial charge in [0.05, 0.1) is 19.8 Å². The molecule has 0 aliphatic rings. The first kappa shape index (κ1) is 63.2. The maximum absolute atomic E-state index is 12.7. The van der Waals surface area contributed by atoms with Crippen LogP contribution < -0.4 is 5.73 Å². The zero-order valence-electron chi connectivity index (χ0n) is 42.8. The topological polar surface area (TPSA) is 117 Å². The van der Waals surface area contributed by atoms with Crippen LogP contribution in [-0.2, 0) is 27.9 Å². The normalized spacial score (nSPS) is 13.2. The number of unbranched alkanes of at least 4 members (excludes halogenated alkanes) is 40. The first-order valence-corrected chi connectivity index (χ1v) is 29.7. The summed E-state index contributed by atoms with van der Waals surface area (Å²) >= 11 is 0. The fourth-order valence-electron chi connectivity index (χ4n) is 8.53. The number of phosphoric acid groups is 1. The van der Waals surface area contributed by atoms with Gasteiger partial charge in [-0.3, -0.25) is 13.8 Å². The molecule has 0 radical (unpaired) electrons. The van der Waals surface area contributed by atoms with Crippen molar-refractivity contribution in [2.75, 3.05) is 33.0 Å². The fourth-order valence-corrected chi connectivity index (χ4v) is 9.29. The lowest BCUT2D eigenvalue weighted by molar-refractivity contribution is -0.154. The van der Waals surface area contributed by atoms with Crippen molar-refractivity contribution in [2.24, 2.45) is 5.73 Å². The van der Waals surface area contributed by atoms with Gasteiger partial charge in [-0.1, -0.05) is 264 Å². The van der Waals surface area contributed by atoms with Crippen LogP contribution in [0.4, 0.5) is 0 Å². The Hall–Kier alpha value is -0.760. The Morgan fingerprint density at radius 3 is 1.14 bits per heavy atom. The van der Waals surface area contributed by atoms with E-state index in [1.165, 1.54) is 244 Å². The minimum absolute atomic E-state index is 0.0911. The first-order chi connectivity index (χ1) is 31.4. The molecular formula is C55H110NO7P. The van der Waals surface area contributed by atoms with Gasteiger partial charge in [0.2, 0.25) is 0 Å². The number of ether oxygens (including phenoxy) is 2. The SMILES string of the molecule is CCCCCCCCCC/C=C\CCCCCCCCCCCCCCCCOCC(COP(=O)(O)OCCN)OC(=O)CCCCCCCCCCCCCCCCCCCCC. The van der Waals surface area contributed by atoms with E-state index in [0.29, 0.717) is 13.0 Å². The molecule has 0 aromatic carbocycles. The van der Waals surface area contributed by atoms with Crippen LogP contribution in [0.25, 0.3) is 0 Å². The molecule has 0 saturated carbocycles. The molecule has 0 aromatic heterocycles. The fraction of sp³-hybridized carbons (Fsp3) is 0.945. The Balaban J connectivity index is 3.83. The lowest BCUT2D eigenvalue weighted by Crippen LogP contribution is -2.28. The third kappa shape index (κ3) is 52.2. The number of nitrogens with two attached hydrogens (primary N) is 1. The molecule has 8 nitrogen and oxygen atoms in total. The largest absolute Gasteiger partial charge is 0.472 e. The van der Waals surface area contributed by atoms with E-state index >= 15 is 0 Å². The van der Waals surface area contributed by atoms with Gasteiger partial charge >= 0.3 is 13.8 Å². The second-order valence-corrected chi connectivity index (χ2v) is 20.6. The van der Waals surface area contributed by atoms with Crippen molar-refractivity contribution in [2.45, 2.75) is 302 Å². The highest BCUT2D eigenvalue weighted by Gasteiger charge is 2.25. The van der Waals surface area contributed by atoms with Crippen LogP contribution in [0, 0.1) is 0 Å². The number of carbonyl (C=O) groups excluding carboxylic acids is 1. The van der Waals surface area contributed by atoms with E-state index in [0.717, 1.165) is 32.1 Å². The number of hydrogen-bond acceptors (Lipinski definition) is 7. The minimum Gasteiger partial charge on any atom is -0.457 e. The molecule has 0 aliphatic heterocycles. The van der Waals surface area contributed by atoms with Crippen LogP contribution in [0.15, 0.2) is 12.2 Å².